The van der Waals surface area contributed by atoms with Crippen LogP contribution >= 0.6 is 0 Å². The van der Waals surface area contributed by atoms with E-state index in [1.807, 2.05) is 0 Å². The van der Waals surface area contributed by atoms with Crippen molar-refractivity contribution in [2.24, 2.45) is 0 Å². The molecular formula is C52H44B2N4. The van der Waals surface area contributed by atoms with E-state index in [0.717, 1.165) is 0 Å². The Labute approximate surface area is 343 Å². The van der Waals surface area contributed by atoms with Gasteiger partial charge in [-0.25, -0.2) is 0 Å². The molecule has 0 bridgehead atoms. The lowest BCUT2D eigenvalue weighted by Crippen LogP contribution is -2.58. The fourth-order valence-electron chi connectivity index (χ4n) is 10.5. The first-order valence-corrected chi connectivity index (χ1v) is 20.5. The molecule has 0 spiro atoms. The second-order valence-electron chi connectivity index (χ2n) is 17.0. The highest BCUT2D eigenvalue weighted by atomic mass is 15.3. The van der Waals surface area contributed by atoms with Crippen LogP contribution in [0.1, 0.15) is 49.9 Å². The topological polar surface area (TPSA) is 13.0 Å². The van der Waals surface area contributed by atoms with Crippen molar-refractivity contribution in [1.82, 2.24) is 0 Å². The average molecular weight is 747 g/mol. The van der Waals surface area contributed by atoms with E-state index in [-0.39, 0.29) is 24.8 Å². The first-order chi connectivity index (χ1) is 28.4. The third-order valence-electron chi connectivity index (χ3n) is 13.0. The molecule has 0 saturated carbocycles. The Bertz CT molecular complexity index is 2550. The average Bonchev–Trinajstić information content (AvgIpc) is 3.96. The van der Waals surface area contributed by atoms with E-state index < -0.39 is 0 Å². The quantitative estimate of drug-likeness (QED) is 0.157. The molecule has 0 fully saturated rings. The van der Waals surface area contributed by atoms with E-state index in [2.05, 4.69) is 241 Å². The Morgan fingerprint density at radius 2 is 0.586 bits per heavy atom. The van der Waals surface area contributed by atoms with Crippen LogP contribution in [0.5, 0.6) is 0 Å². The summed E-state index contributed by atoms with van der Waals surface area (Å²) in [4.78, 5) is 10.4. The molecule has 0 saturated heterocycles. The van der Waals surface area contributed by atoms with Crippen molar-refractivity contribution in [2.45, 2.75) is 38.5 Å². The summed E-state index contributed by atoms with van der Waals surface area (Å²) in [6.07, 6.45) is 0. The summed E-state index contributed by atoms with van der Waals surface area (Å²) in [5.74, 6) is 0. The van der Waals surface area contributed by atoms with Crippen molar-refractivity contribution in [3.63, 3.8) is 0 Å². The SMILES string of the molecule is CC1(C)C2=C(c3ccccc31)N(c1ccccc1)B(c1ccc(B3N(c4ccccc4)C4=C(N3c3ccccc3)C(C)(C)c3ccccc34)cc1)N2c1ccccc1. The molecule has 0 radical (unpaired) electrons. The number of hydrogen-bond donors (Lipinski definition) is 0. The normalized spacial score (nSPS) is 17.2. The van der Waals surface area contributed by atoms with Crippen molar-refractivity contribution in [2.75, 3.05) is 19.2 Å². The van der Waals surface area contributed by atoms with Crippen LogP contribution in [0.2, 0.25) is 0 Å². The number of allylic oxidation sites excluding steroid dienone is 2. The highest BCUT2D eigenvalue weighted by Crippen LogP contribution is 2.56. The molecule has 2 aliphatic heterocycles. The van der Waals surface area contributed by atoms with Gasteiger partial charge in [-0.2, -0.15) is 0 Å². The number of para-hydroxylation sites is 4. The third-order valence-corrected chi connectivity index (χ3v) is 13.0. The van der Waals surface area contributed by atoms with Crippen molar-refractivity contribution >= 4 is 59.0 Å². The zero-order valence-corrected chi connectivity index (χ0v) is 33.4. The second kappa shape index (κ2) is 12.9. The zero-order valence-electron chi connectivity index (χ0n) is 33.4. The van der Waals surface area contributed by atoms with Crippen LogP contribution in [0, 0.1) is 0 Å². The molecule has 11 rings (SSSR count). The fraction of sp³-hybridized carbons (Fsp3) is 0.115. The van der Waals surface area contributed by atoms with Crippen LogP contribution in [0.25, 0.3) is 11.4 Å². The van der Waals surface area contributed by atoms with Crippen LogP contribution in [-0.2, 0) is 10.8 Å². The van der Waals surface area contributed by atoms with Crippen molar-refractivity contribution in [3.8, 4) is 0 Å². The maximum absolute atomic E-state index is 2.61. The van der Waals surface area contributed by atoms with Gasteiger partial charge in [0.15, 0.2) is 0 Å². The maximum atomic E-state index is 2.61. The number of fused-ring (bicyclic) bond motifs is 4. The minimum absolute atomic E-state index is 0.107. The molecule has 6 heteroatoms. The van der Waals surface area contributed by atoms with Crippen LogP contribution in [-0.4, -0.2) is 14.0 Å². The van der Waals surface area contributed by atoms with Crippen LogP contribution < -0.4 is 30.2 Å². The predicted octanol–water partition coefficient (Wildman–Crippen LogP) is 10.5. The first kappa shape index (κ1) is 34.6. The number of rotatable bonds is 6. The molecule has 7 aromatic carbocycles. The first-order valence-electron chi connectivity index (χ1n) is 20.5. The predicted molar refractivity (Wildman–Crippen MR) is 246 cm³/mol. The number of anilines is 4. The number of nitrogens with zero attached hydrogens (tertiary/aromatic N) is 4. The van der Waals surface area contributed by atoms with Gasteiger partial charge in [-0.15, -0.1) is 0 Å². The third kappa shape index (κ3) is 4.91. The van der Waals surface area contributed by atoms with Gasteiger partial charge in [-0.3, -0.25) is 0 Å². The maximum Gasteiger partial charge on any atom is 0.420 e. The largest absolute Gasteiger partial charge is 0.420 e. The molecule has 2 aliphatic carbocycles. The molecule has 58 heavy (non-hydrogen) atoms. The minimum Gasteiger partial charge on any atom is -0.363 e. The Morgan fingerprint density at radius 1 is 0.310 bits per heavy atom. The van der Waals surface area contributed by atoms with E-state index in [9.17, 15) is 0 Å². The lowest BCUT2D eigenvalue weighted by Gasteiger charge is -2.39. The zero-order chi connectivity index (χ0) is 39.2. The molecule has 7 aromatic rings. The van der Waals surface area contributed by atoms with E-state index >= 15 is 0 Å². The smallest absolute Gasteiger partial charge is 0.363 e. The summed E-state index contributed by atoms with van der Waals surface area (Å²) < 4.78 is 0. The fourth-order valence-corrected chi connectivity index (χ4v) is 10.5. The highest BCUT2D eigenvalue weighted by molar-refractivity contribution is 6.86. The molecule has 0 unspecified atom stereocenters. The Balaban J connectivity index is 1.10. The summed E-state index contributed by atoms with van der Waals surface area (Å²) >= 11 is 0. The van der Waals surface area contributed by atoms with Crippen LogP contribution in [0.3, 0.4) is 0 Å². The summed E-state index contributed by atoms with van der Waals surface area (Å²) in [5, 5.41) is 0. The Morgan fingerprint density at radius 3 is 0.914 bits per heavy atom. The lowest BCUT2D eigenvalue weighted by atomic mass is 9.59. The van der Waals surface area contributed by atoms with E-state index in [0.29, 0.717) is 0 Å². The Hall–Kier alpha value is -6.65. The van der Waals surface area contributed by atoms with E-state index in [1.165, 1.54) is 78.7 Å². The summed E-state index contributed by atoms with van der Waals surface area (Å²) in [6, 6.07) is 71.4. The van der Waals surface area contributed by atoms with Gasteiger partial charge in [0.1, 0.15) is 0 Å². The van der Waals surface area contributed by atoms with Crippen molar-refractivity contribution in [1.29, 1.82) is 0 Å². The van der Waals surface area contributed by atoms with Gasteiger partial charge in [0.25, 0.3) is 0 Å². The highest BCUT2D eigenvalue weighted by Gasteiger charge is 2.56. The molecule has 2 heterocycles. The molecule has 0 amide bonds. The Kier molecular flexibility index (Phi) is 7.72. The molecule has 4 nitrogen and oxygen atoms in total. The van der Waals surface area contributed by atoms with E-state index in [1.54, 1.807) is 0 Å². The van der Waals surface area contributed by atoms with Gasteiger partial charge in [-0.1, -0.05) is 173 Å². The van der Waals surface area contributed by atoms with Gasteiger partial charge in [0.2, 0.25) is 0 Å². The van der Waals surface area contributed by atoms with Crippen molar-refractivity contribution < 1.29 is 0 Å². The van der Waals surface area contributed by atoms with Gasteiger partial charge in [0.05, 0.1) is 11.4 Å². The summed E-state index contributed by atoms with van der Waals surface area (Å²) in [6.45, 7) is 9.35. The van der Waals surface area contributed by atoms with Gasteiger partial charge >= 0.3 is 14.0 Å². The lowest BCUT2D eigenvalue weighted by molar-refractivity contribution is 0.632. The summed E-state index contributed by atoms with van der Waals surface area (Å²) in [5.41, 5.74) is 17.4. The van der Waals surface area contributed by atoms with E-state index in [4.69, 9.17) is 0 Å². The van der Waals surface area contributed by atoms with Crippen molar-refractivity contribution in [3.05, 3.63) is 228 Å². The van der Waals surface area contributed by atoms with Gasteiger partial charge in [0, 0.05) is 56.1 Å². The summed E-state index contributed by atoms with van der Waals surface area (Å²) in [7, 11) is 0. The second-order valence-corrected chi connectivity index (χ2v) is 17.0. The van der Waals surface area contributed by atoms with Gasteiger partial charge < -0.3 is 19.2 Å². The molecule has 0 N–H and O–H groups in total. The monoisotopic (exact) mass is 746 g/mol. The van der Waals surface area contributed by atoms with Gasteiger partial charge in [-0.05, 0) is 70.6 Å². The molecular weight excluding hydrogens is 702 g/mol. The minimum atomic E-state index is -0.213. The standard InChI is InChI=1S/C52H44B2N4/c1-51(2)45-31-19-17-29-43(45)47-49(51)57(41-25-13-7-14-26-41)53(55(47)39-21-9-5-10-22-39)37-33-35-38(36-34-37)54-56(40-23-11-6-12-24-40)48-44-30-18-20-32-46(44)52(3,4)50(48)58(54)42-27-15-8-16-28-42/h5-36H,1-4H3. The number of benzene rings is 7. The molecule has 0 aromatic heterocycles. The number of hydrogen-bond acceptors (Lipinski definition) is 4. The molecule has 278 valence electrons. The van der Waals surface area contributed by atoms with Crippen LogP contribution in [0.4, 0.5) is 22.7 Å². The molecule has 0 atom stereocenters. The molecule has 4 aliphatic rings. The van der Waals surface area contributed by atoms with Crippen LogP contribution in [0.15, 0.2) is 206 Å².